The van der Waals surface area contributed by atoms with Crippen LogP contribution in [-0.2, 0) is 0 Å². The molecule has 0 radical (unpaired) electrons. The number of aromatic nitrogens is 2. The summed E-state index contributed by atoms with van der Waals surface area (Å²) in [6, 6.07) is 0. The molecule has 130 valence electrons. The number of halogens is 2. The fourth-order valence-electron chi connectivity index (χ4n) is 1.05. The molecule has 0 aliphatic rings. The van der Waals surface area contributed by atoms with Gasteiger partial charge in [0.15, 0.2) is 28.4 Å². The molecule has 1 aromatic rings. The van der Waals surface area contributed by atoms with Crippen molar-refractivity contribution in [2.24, 2.45) is 16.5 Å². The maximum atomic E-state index is 11.7. The van der Waals surface area contributed by atoms with Crippen molar-refractivity contribution in [2.75, 3.05) is 24.6 Å². The molecule has 0 aromatic carbocycles. The molecule has 12 nitrogen and oxygen atoms in total. The molecule has 22 heavy (non-hydrogen) atoms. The van der Waals surface area contributed by atoms with Crippen molar-refractivity contribution >= 4 is 47.5 Å². The molecular weight excluding hydrogens is 343 g/mol. The molecule has 1 heterocycles. The van der Waals surface area contributed by atoms with Crippen molar-refractivity contribution in [3.63, 3.8) is 0 Å². The smallest absolute Gasteiger partial charge is 0.273 e. The third-order valence-corrected chi connectivity index (χ3v) is 2.09. The number of anilines is 2. The standard InChI is InChI=1S/C8H13ClN8O.ClH.3H2O/c9-4-6(11)17-5(10)3(16-4)7(18)14-1-2-15-8(12)13;;;;/h1-2H2,(H,14,18)(H4,10,11,17)(H4,12,13,15);1H;3*1H2. The van der Waals surface area contributed by atoms with Gasteiger partial charge in [0.25, 0.3) is 5.91 Å². The average Bonchev–Trinajstić information content (AvgIpc) is 2.28. The van der Waals surface area contributed by atoms with Gasteiger partial charge in [0.1, 0.15) is 0 Å². The van der Waals surface area contributed by atoms with Crippen LogP contribution in [0.2, 0.25) is 5.15 Å². The Hall–Kier alpha value is -2.12. The van der Waals surface area contributed by atoms with Crippen molar-refractivity contribution < 1.29 is 21.2 Å². The second kappa shape index (κ2) is 12.6. The van der Waals surface area contributed by atoms with Crippen molar-refractivity contribution in [1.82, 2.24) is 15.3 Å². The Balaban J connectivity index is -0.000000405. The van der Waals surface area contributed by atoms with E-state index in [1.807, 2.05) is 0 Å². The number of nitrogens with zero attached hydrogens (tertiary/aromatic N) is 3. The molecule has 0 bridgehead atoms. The zero-order chi connectivity index (χ0) is 13.7. The third kappa shape index (κ3) is 8.23. The lowest BCUT2D eigenvalue weighted by molar-refractivity contribution is 0.0950. The lowest BCUT2D eigenvalue weighted by Gasteiger charge is -2.06. The van der Waals surface area contributed by atoms with Crippen LogP contribution in [-0.4, -0.2) is 51.4 Å². The quantitative estimate of drug-likeness (QED) is 0.202. The van der Waals surface area contributed by atoms with Crippen LogP contribution in [0.3, 0.4) is 0 Å². The van der Waals surface area contributed by atoms with E-state index in [4.69, 9.17) is 34.5 Å². The van der Waals surface area contributed by atoms with Crippen molar-refractivity contribution in [3.05, 3.63) is 10.8 Å². The van der Waals surface area contributed by atoms with Crippen LogP contribution in [0.15, 0.2) is 4.99 Å². The fourth-order valence-corrected chi connectivity index (χ4v) is 1.17. The van der Waals surface area contributed by atoms with Gasteiger partial charge in [0.2, 0.25) is 0 Å². The predicted octanol–water partition coefficient (Wildman–Crippen LogP) is -3.75. The summed E-state index contributed by atoms with van der Waals surface area (Å²) >= 11 is 5.64. The molecule has 0 aliphatic carbocycles. The Labute approximate surface area is 136 Å². The second-order valence-corrected chi connectivity index (χ2v) is 3.55. The van der Waals surface area contributed by atoms with Crippen LogP contribution >= 0.6 is 24.0 Å². The first-order valence-corrected chi connectivity index (χ1v) is 5.21. The molecule has 0 saturated heterocycles. The average molecular weight is 363 g/mol. The Bertz CT molecular complexity index is 497. The largest absolute Gasteiger partial charge is 0.412 e. The monoisotopic (exact) mass is 362 g/mol. The number of nitrogen functional groups attached to an aromatic ring is 2. The number of carbonyl (C=O) groups is 1. The van der Waals surface area contributed by atoms with Crippen LogP contribution in [0.4, 0.5) is 11.6 Å². The van der Waals surface area contributed by atoms with Gasteiger partial charge < -0.3 is 44.7 Å². The zero-order valence-corrected chi connectivity index (χ0v) is 12.8. The van der Waals surface area contributed by atoms with Gasteiger partial charge in [-0.1, -0.05) is 11.6 Å². The number of nitrogens with one attached hydrogen (secondary N) is 1. The highest BCUT2D eigenvalue weighted by Crippen LogP contribution is 2.16. The summed E-state index contributed by atoms with van der Waals surface area (Å²) in [7, 11) is 0. The van der Waals surface area contributed by atoms with E-state index in [-0.39, 0.29) is 70.4 Å². The van der Waals surface area contributed by atoms with Gasteiger partial charge in [-0.05, 0) is 0 Å². The minimum atomic E-state index is -0.535. The molecular formula is C8H20Cl2N8O4. The van der Waals surface area contributed by atoms with Gasteiger partial charge in [-0.2, -0.15) is 0 Å². The number of guanidine groups is 1. The Morgan fingerprint density at radius 3 is 2.18 bits per heavy atom. The minimum Gasteiger partial charge on any atom is -0.412 e. The van der Waals surface area contributed by atoms with Crippen molar-refractivity contribution in [2.45, 2.75) is 0 Å². The van der Waals surface area contributed by atoms with E-state index in [1.165, 1.54) is 0 Å². The van der Waals surface area contributed by atoms with Gasteiger partial charge in [0, 0.05) is 6.54 Å². The van der Waals surface area contributed by atoms with Gasteiger partial charge in [0.05, 0.1) is 6.54 Å². The Morgan fingerprint density at radius 1 is 1.14 bits per heavy atom. The summed E-state index contributed by atoms with van der Waals surface area (Å²) in [4.78, 5) is 22.8. The summed E-state index contributed by atoms with van der Waals surface area (Å²) in [5.74, 6) is -0.728. The summed E-state index contributed by atoms with van der Waals surface area (Å²) in [5.41, 5.74) is 21.0. The topological polar surface area (TPSA) is 266 Å². The highest BCUT2D eigenvalue weighted by molar-refractivity contribution is 6.31. The van der Waals surface area contributed by atoms with Crippen LogP contribution in [0, 0.1) is 0 Å². The lowest BCUT2D eigenvalue weighted by Crippen LogP contribution is -2.30. The molecule has 14 heteroatoms. The maximum absolute atomic E-state index is 11.7. The second-order valence-electron chi connectivity index (χ2n) is 3.20. The van der Waals surface area contributed by atoms with E-state index in [9.17, 15) is 4.79 Å². The highest BCUT2D eigenvalue weighted by atomic mass is 35.5. The Kier molecular flexibility index (Phi) is 16.1. The van der Waals surface area contributed by atoms with Crippen LogP contribution in [0.5, 0.6) is 0 Å². The van der Waals surface area contributed by atoms with Crippen LogP contribution < -0.4 is 28.3 Å². The van der Waals surface area contributed by atoms with Gasteiger partial charge in [-0.15, -0.1) is 12.4 Å². The maximum Gasteiger partial charge on any atom is 0.273 e. The van der Waals surface area contributed by atoms with E-state index in [0.29, 0.717) is 0 Å². The van der Waals surface area contributed by atoms with Crippen molar-refractivity contribution in [3.8, 4) is 0 Å². The molecule has 1 amide bonds. The summed E-state index contributed by atoms with van der Waals surface area (Å²) < 4.78 is 0. The SMILES string of the molecule is Cl.NC(N)=NCCNC(=O)c1nc(Cl)c(N)nc1N.O.O.O. The number of nitrogens with two attached hydrogens (primary N) is 4. The molecule has 1 aromatic heterocycles. The predicted molar refractivity (Wildman–Crippen MR) is 87.0 cm³/mol. The summed E-state index contributed by atoms with van der Waals surface area (Å²) in [6.45, 7) is 0.462. The number of hydrogen-bond acceptors (Lipinski definition) is 6. The first kappa shape index (κ1) is 28.1. The molecule has 15 N–H and O–H groups in total. The van der Waals surface area contributed by atoms with E-state index in [0.717, 1.165) is 0 Å². The number of aliphatic imine (C=N–C) groups is 1. The first-order valence-electron chi connectivity index (χ1n) is 4.84. The molecule has 0 aliphatic heterocycles. The normalized spacial score (nSPS) is 8.05. The minimum absolute atomic E-state index is 0. The molecule has 0 fully saturated rings. The van der Waals surface area contributed by atoms with Gasteiger partial charge >= 0.3 is 0 Å². The number of amides is 1. The van der Waals surface area contributed by atoms with Gasteiger partial charge in [-0.3, -0.25) is 9.79 Å². The van der Waals surface area contributed by atoms with E-state index in [2.05, 4.69) is 20.3 Å². The van der Waals surface area contributed by atoms with E-state index in [1.54, 1.807) is 0 Å². The summed E-state index contributed by atoms with van der Waals surface area (Å²) in [6.07, 6.45) is 0. The number of hydrogen-bond donors (Lipinski definition) is 5. The lowest BCUT2D eigenvalue weighted by atomic mass is 10.3. The number of carbonyl (C=O) groups excluding carboxylic acids is 1. The fraction of sp³-hybridized carbons (Fsp3) is 0.250. The van der Waals surface area contributed by atoms with Gasteiger partial charge in [-0.25, -0.2) is 9.97 Å². The van der Waals surface area contributed by atoms with Crippen LogP contribution in [0.25, 0.3) is 0 Å². The van der Waals surface area contributed by atoms with E-state index < -0.39 is 5.91 Å². The number of rotatable bonds is 4. The molecule has 0 unspecified atom stereocenters. The third-order valence-electron chi connectivity index (χ3n) is 1.81. The molecule has 0 atom stereocenters. The van der Waals surface area contributed by atoms with E-state index >= 15 is 0 Å². The highest BCUT2D eigenvalue weighted by Gasteiger charge is 2.15. The van der Waals surface area contributed by atoms with Crippen molar-refractivity contribution in [1.29, 1.82) is 0 Å². The molecule has 0 spiro atoms. The molecule has 1 rings (SSSR count). The zero-order valence-electron chi connectivity index (χ0n) is 11.3. The van der Waals surface area contributed by atoms with Crippen LogP contribution in [0.1, 0.15) is 10.5 Å². The summed E-state index contributed by atoms with van der Waals surface area (Å²) in [5, 5.41) is 2.42. The molecule has 0 saturated carbocycles. The first-order chi connectivity index (χ1) is 8.41. The Morgan fingerprint density at radius 2 is 1.68 bits per heavy atom.